The molecule has 2 N–H and O–H groups in total. The maximum atomic E-state index is 9.49. The highest BCUT2D eigenvalue weighted by molar-refractivity contribution is 5.46. The van der Waals surface area contributed by atoms with E-state index in [-0.39, 0.29) is 12.7 Å². The van der Waals surface area contributed by atoms with E-state index in [1.807, 2.05) is 35.2 Å². The van der Waals surface area contributed by atoms with Crippen LogP contribution in [0.4, 0.5) is 5.69 Å². The van der Waals surface area contributed by atoms with Crippen LogP contribution in [0, 0.1) is 0 Å². The molecule has 0 amide bonds. The molecule has 88 valence electrons. The molecule has 0 aliphatic carbocycles. The minimum atomic E-state index is -0.709. The minimum absolute atomic E-state index is 0.213. The van der Waals surface area contributed by atoms with Crippen molar-refractivity contribution < 1.29 is 14.9 Å². The molecule has 2 rings (SSSR count). The van der Waals surface area contributed by atoms with Crippen molar-refractivity contribution in [1.29, 1.82) is 0 Å². The van der Waals surface area contributed by atoms with Gasteiger partial charge in [-0.2, -0.15) is 0 Å². The molecular formula is C12H17NO3. The quantitative estimate of drug-likeness (QED) is 0.679. The van der Waals surface area contributed by atoms with Gasteiger partial charge >= 0.3 is 0 Å². The normalized spacial score (nSPS) is 20.5. The molecule has 1 saturated heterocycles. The molecule has 2 unspecified atom stereocenters. The Bertz CT molecular complexity index is 313. The fraction of sp³-hybridized carbons (Fsp3) is 0.500. The molecule has 1 aromatic carbocycles. The van der Waals surface area contributed by atoms with Crippen molar-refractivity contribution >= 4 is 5.69 Å². The number of hydrogen-bond donors (Lipinski definition) is 2. The number of nitrogens with zero attached hydrogens (tertiary/aromatic N) is 1. The van der Waals surface area contributed by atoms with Gasteiger partial charge in [0.1, 0.15) is 0 Å². The Morgan fingerprint density at radius 2 is 2.06 bits per heavy atom. The standard InChI is InChI=1S/C12H17NO3/c14-8-11(15)6-13(7-12-9-16-12)10-4-2-1-3-5-10/h1-5,11-12,14-15H,6-9H2. The number of rotatable bonds is 6. The highest BCUT2D eigenvalue weighted by Crippen LogP contribution is 2.18. The number of aliphatic hydroxyl groups is 2. The Morgan fingerprint density at radius 3 is 2.62 bits per heavy atom. The maximum Gasteiger partial charge on any atom is 0.0984 e. The van der Waals surface area contributed by atoms with Crippen molar-refractivity contribution in [1.82, 2.24) is 0 Å². The lowest BCUT2D eigenvalue weighted by molar-refractivity contribution is 0.0996. The van der Waals surface area contributed by atoms with Gasteiger partial charge in [-0.05, 0) is 12.1 Å². The zero-order valence-electron chi connectivity index (χ0n) is 9.12. The van der Waals surface area contributed by atoms with Gasteiger partial charge in [0.15, 0.2) is 0 Å². The van der Waals surface area contributed by atoms with Crippen LogP contribution in [-0.4, -0.2) is 48.7 Å². The number of aliphatic hydroxyl groups excluding tert-OH is 2. The van der Waals surface area contributed by atoms with Gasteiger partial charge in [0.2, 0.25) is 0 Å². The molecular weight excluding hydrogens is 206 g/mol. The van der Waals surface area contributed by atoms with E-state index in [1.54, 1.807) is 0 Å². The molecule has 4 heteroatoms. The number of benzene rings is 1. The van der Waals surface area contributed by atoms with Gasteiger partial charge in [-0.3, -0.25) is 0 Å². The van der Waals surface area contributed by atoms with Gasteiger partial charge in [0, 0.05) is 18.8 Å². The summed E-state index contributed by atoms with van der Waals surface area (Å²) in [6.45, 7) is 1.77. The van der Waals surface area contributed by atoms with Gasteiger partial charge in [-0.15, -0.1) is 0 Å². The first-order valence-corrected chi connectivity index (χ1v) is 5.50. The second kappa shape index (κ2) is 5.30. The van der Waals surface area contributed by atoms with Crippen LogP contribution >= 0.6 is 0 Å². The smallest absolute Gasteiger partial charge is 0.0984 e. The largest absolute Gasteiger partial charge is 0.394 e. The Hall–Kier alpha value is -1.10. The third-order valence-corrected chi connectivity index (χ3v) is 2.59. The lowest BCUT2D eigenvalue weighted by atomic mass is 10.2. The Labute approximate surface area is 95.1 Å². The van der Waals surface area contributed by atoms with E-state index in [0.717, 1.165) is 18.8 Å². The average molecular weight is 223 g/mol. The van der Waals surface area contributed by atoms with Crippen LogP contribution in [0.5, 0.6) is 0 Å². The van der Waals surface area contributed by atoms with Crippen molar-refractivity contribution in [2.45, 2.75) is 12.2 Å². The molecule has 0 bridgehead atoms. The summed E-state index contributed by atoms with van der Waals surface area (Å²) in [7, 11) is 0. The molecule has 0 saturated carbocycles. The zero-order chi connectivity index (χ0) is 11.4. The highest BCUT2D eigenvalue weighted by atomic mass is 16.6. The number of ether oxygens (including phenoxy) is 1. The van der Waals surface area contributed by atoms with E-state index in [0.29, 0.717) is 6.54 Å². The van der Waals surface area contributed by atoms with E-state index in [9.17, 15) is 5.11 Å². The lowest BCUT2D eigenvalue weighted by Gasteiger charge is -2.26. The van der Waals surface area contributed by atoms with Crippen molar-refractivity contribution in [2.24, 2.45) is 0 Å². The topological polar surface area (TPSA) is 56.2 Å². The minimum Gasteiger partial charge on any atom is -0.394 e. The van der Waals surface area contributed by atoms with Crippen LogP contribution in [0.1, 0.15) is 0 Å². The summed E-state index contributed by atoms with van der Waals surface area (Å²) in [5.41, 5.74) is 1.05. The van der Waals surface area contributed by atoms with Crippen molar-refractivity contribution in [2.75, 3.05) is 31.2 Å². The van der Waals surface area contributed by atoms with Gasteiger partial charge < -0.3 is 19.8 Å². The highest BCUT2D eigenvalue weighted by Gasteiger charge is 2.26. The monoisotopic (exact) mass is 223 g/mol. The van der Waals surface area contributed by atoms with Crippen LogP contribution in [0.3, 0.4) is 0 Å². The molecule has 1 heterocycles. The third-order valence-electron chi connectivity index (χ3n) is 2.59. The van der Waals surface area contributed by atoms with Crippen LogP contribution < -0.4 is 4.90 Å². The molecule has 1 aromatic rings. The zero-order valence-corrected chi connectivity index (χ0v) is 9.12. The van der Waals surface area contributed by atoms with Crippen molar-refractivity contribution in [3.8, 4) is 0 Å². The Morgan fingerprint density at radius 1 is 1.38 bits per heavy atom. The van der Waals surface area contributed by atoms with E-state index in [4.69, 9.17) is 9.84 Å². The molecule has 0 aromatic heterocycles. The van der Waals surface area contributed by atoms with E-state index < -0.39 is 6.10 Å². The summed E-state index contributed by atoms with van der Waals surface area (Å²) in [4.78, 5) is 2.04. The van der Waals surface area contributed by atoms with E-state index in [2.05, 4.69) is 0 Å². The first-order chi connectivity index (χ1) is 7.79. The fourth-order valence-corrected chi connectivity index (χ4v) is 1.66. The molecule has 16 heavy (non-hydrogen) atoms. The first-order valence-electron chi connectivity index (χ1n) is 5.50. The predicted molar refractivity (Wildman–Crippen MR) is 61.5 cm³/mol. The third kappa shape index (κ3) is 3.20. The van der Waals surface area contributed by atoms with Gasteiger partial charge in [-0.25, -0.2) is 0 Å². The van der Waals surface area contributed by atoms with Gasteiger partial charge in [-0.1, -0.05) is 18.2 Å². The Kier molecular flexibility index (Phi) is 3.77. The summed E-state index contributed by atoms with van der Waals surface area (Å²) < 4.78 is 5.19. The van der Waals surface area contributed by atoms with E-state index >= 15 is 0 Å². The number of anilines is 1. The van der Waals surface area contributed by atoms with Crippen LogP contribution in [0.15, 0.2) is 30.3 Å². The summed E-state index contributed by atoms with van der Waals surface area (Å²) in [6.07, 6.45) is -0.440. The predicted octanol–water partition coefficient (Wildman–Crippen LogP) is 0.245. The average Bonchev–Trinajstić information content (AvgIpc) is 3.13. The SMILES string of the molecule is OCC(O)CN(CC1CO1)c1ccccc1. The van der Waals surface area contributed by atoms with Crippen molar-refractivity contribution in [3.05, 3.63) is 30.3 Å². The summed E-state index contributed by atoms with van der Waals surface area (Å²) >= 11 is 0. The van der Waals surface area contributed by atoms with Gasteiger partial charge in [0.25, 0.3) is 0 Å². The van der Waals surface area contributed by atoms with Crippen molar-refractivity contribution in [3.63, 3.8) is 0 Å². The summed E-state index contributed by atoms with van der Waals surface area (Å²) in [6, 6.07) is 9.86. The van der Waals surface area contributed by atoms with E-state index in [1.165, 1.54) is 0 Å². The second-order valence-corrected chi connectivity index (χ2v) is 4.03. The van der Waals surface area contributed by atoms with Crippen LogP contribution in [0.25, 0.3) is 0 Å². The molecule has 4 nitrogen and oxygen atoms in total. The molecule has 2 atom stereocenters. The van der Waals surface area contributed by atoms with Gasteiger partial charge in [0.05, 0.1) is 25.4 Å². The number of hydrogen-bond acceptors (Lipinski definition) is 4. The Balaban J connectivity index is 2.01. The molecule has 0 spiro atoms. The number of epoxide rings is 1. The summed E-state index contributed by atoms with van der Waals surface area (Å²) in [5, 5.41) is 18.4. The summed E-state index contributed by atoms with van der Waals surface area (Å²) in [5.74, 6) is 0. The molecule has 1 fully saturated rings. The first kappa shape index (κ1) is 11.4. The van der Waals surface area contributed by atoms with Crippen LogP contribution in [-0.2, 0) is 4.74 Å². The molecule has 1 aliphatic heterocycles. The molecule has 1 aliphatic rings. The lowest BCUT2D eigenvalue weighted by Crippen LogP contribution is -2.36. The molecule has 0 radical (unpaired) electrons. The fourth-order valence-electron chi connectivity index (χ4n) is 1.66. The second-order valence-electron chi connectivity index (χ2n) is 4.03. The maximum absolute atomic E-state index is 9.49. The van der Waals surface area contributed by atoms with Crippen LogP contribution in [0.2, 0.25) is 0 Å². The number of para-hydroxylation sites is 1.